The summed E-state index contributed by atoms with van der Waals surface area (Å²) in [5.41, 5.74) is 0.979. The number of piperidine rings is 1. The molecule has 0 spiro atoms. The lowest BCUT2D eigenvalue weighted by Gasteiger charge is -2.31. The van der Waals surface area contributed by atoms with Gasteiger partial charge < -0.3 is 9.47 Å². The van der Waals surface area contributed by atoms with Crippen LogP contribution in [-0.4, -0.2) is 57.6 Å². The summed E-state index contributed by atoms with van der Waals surface area (Å²) in [6.07, 6.45) is 2.57. The normalized spacial score (nSPS) is 15.9. The van der Waals surface area contributed by atoms with Crippen LogP contribution in [-0.2, 0) is 28.1 Å². The Kier molecular flexibility index (Phi) is 6.44. The minimum absolute atomic E-state index is 0.00312. The van der Waals surface area contributed by atoms with E-state index in [1.54, 1.807) is 23.7 Å². The number of hydrogen-bond acceptors (Lipinski definition) is 6. The first-order valence-electron chi connectivity index (χ1n) is 9.38. The average Bonchev–Trinajstić information content (AvgIpc) is 3.10. The summed E-state index contributed by atoms with van der Waals surface area (Å²) in [5.74, 6) is 0.0405. The van der Waals surface area contributed by atoms with E-state index in [0.29, 0.717) is 37.6 Å². The highest BCUT2D eigenvalue weighted by atomic mass is 32.2. The molecule has 0 bridgehead atoms. The molecule has 2 aromatic rings. The van der Waals surface area contributed by atoms with Crippen LogP contribution in [0.3, 0.4) is 0 Å². The number of aryl methyl sites for hydroxylation is 1. The minimum Gasteiger partial charge on any atom is -0.342 e. The summed E-state index contributed by atoms with van der Waals surface area (Å²) >= 11 is 1.79. The molecule has 2 heterocycles. The third kappa shape index (κ3) is 4.75. The van der Waals surface area contributed by atoms with E-state index in [1.807, 2.05) is 24.3 Å². The van der Waals surface area contributed by atoms with Gasteiger partial charge in [-0.1, -0.05) is 26.0 Å². The van der Waals surface area contributed by atoms with Crippen LogP contribution in [0.2, 0.25) is 0 Å². The molecule has 0 saturated carbocycles. The molecule has 0 N–H and O–H groups in total. The monoisotopic (exact) mass is 422 g/mol. The maximum absolute atomic E-state index is 12.7. The predicted octanol–water partition coefficient (Wildman–Crippen LogP) is 2.32. The van der Waals surface area contributed by atoms with Gasteiger partial charge in [-0.2, -0.15) is 0 Å². The van der Waals surface area contributed by atoms with Crippen LogP contribution >= 0.6 is 11.8 Å². The SMILES string of the molecule is CC(C)Sc1ccc(CC(=O)N2CCC(S(=O)(=O)c3nncn3C)CC2)cc1. The second-order valence-electron chi connectivity index (χ2n) is 7.34. The Balaban J connectivity index is 1.56. The van der Waals surface area contributed by atoms with Gasteiger partial charge in [0.1, 0.15) is 6.33 Å². The highest BCUT2D eigenvalue weighted by molar-refractivity contribution is 7.99. The molecule has 3 rings (SSSR count). The Labute approximate surface area is 170 Å². The molecule has 0 radical (unpaired) electrons. The fourth-order valence-electron chi connectivity index (χ4n) is 3.34. The van der Waals surface area contributed by atoms with Crippen LogP contribution in [0.25, 0.3) is 0 Å². The number of likely N-dealkylation sites (tertiary alicyclic amines) is 1. The van der Waals surface area contributed by atoms with E-state index in [2.05, 4.69) is 24.0 Å². The largest absolute Gasteiger partial charge is 0.342 e. The van der Waals surface area contributed by atoms with Gasteiger partial charge >= 0.3 is 0 Å². The molecule has 1 aliphatic rings. The maximum Gasteiger partial charge on any atom is 0.249 e. The molecule has 9 heteroatoms. The lowest BCUT2D eigenvalue weighted by atomic mass is 10.1. The molecule has 28 heavy (non-hydrogen) atoms. The minimum atomic E-state index is -3.52. The third-order valence-electron chi connectivity index (χ3n) is 4.81. The van der Waals surface area contributed by atoms with Crippen molar-refractivity contribution in [3.63, 3.8) is 0 Å². The first kappa shape index (κ1) is 20.9. The fraction of sp³-hybridized carbons (Fsp3) is 0.526. The zero-order valence-electron chi connectivity index (χ0n) is 16.4. The van der Waals surface area contributed by atoms with E-state index in [-0.39, 0.29) is 11.1 Å². The molecule has 1 aromatic carbocycles. The Morgan fingerprint density at radius 1 is 1.21 bits per heavy atom. The molecule has 1 saturated heterocycles. The summed E-state index contributed by atoms with van der Waals surface area (Å²) in [6, 6.07) is 8.09. The number of sulfone groups is 1. The number of hydrogen-bond donors (Lipinski definition) is 0. The number of carbonyl (C=O) groups excluding carboxylic acids is 1. The summed E-state index contributed by atoms with van der Waals surface area (Å²) in [7, 11) is -1.90. The van der Waals surface area contributed by atoms with Gasteiger partial charge in [0.05, 0.1) is 11.7 Å². The Morgan fingerprint density at radius 2 is 1.86 bits per heavy atom. The molecular weight excluding hydrogens is 396 g/mol. The van der Waals surface area contributed by atoms with Crippen LogP contribution in [0, 0.1) is 0 Å². The average molecular weight is 423 g/mol. The van der Waals surface area contributed by atoms with Crippen molar-refractivity contribution in [1.82, 2.24) is 19.7 Å². The van der Waals surface area contributed by atoms with E-state index in [9.17, 15) is 13.2 Å². The first-order chi connectivity index (χ1) is 13.3. The molecular formula is C19H26N4O3S2. The molecule has 152 valence electrons. The Hall–Kier alpha value is -1.87. The molecule has 1 amide bonds. The van der Waals surface area contributed by atoms with Crippen LogP contribution in [0.1, 0.15) is 32.3 Å². The van der Waals surface area contributed by atoms with Crippen molar-refractivity contribution < 1.29 is 13.2 Å². The summed E-state index contributed by atoms with van der Waals surface area (Å²) in [5, 5.41) is 7.40. The van der Waals surface area contributed by atoms with E-state index < -0.39 is 15.1 Å². The van der Waals surface area contributed by atoms with Crippen molar-refractivity contribution in [2.24, 2.45) is 7.05 Å². The van der Waals surface area contributed by atoms with Crippen molar-refractivity contribution in [3.05, 3.63) is 36.2 Å². The second-order valence-corrected chi connectivity index (χ2v) is 11.1. The number of thioether (sulfide) groups is 1. The standard InChI is InChI=1S/C19H26N4O3S2/c1-14(2)27-16-6-4-15(5-7-16)12-18(24)23-10-8-17(9-11-23)28(25,26)19-21-20-13-22(19)3/h4-7,13-14,17H,8-12H2,1-3H3. The van der Waals surface area contributed by atoms with Gasteiger partial charge in [0.2, 0.25) is 20.9 Å². The first-order valence-corrected chi connectivity index (χ1v) is 11.8. The molecule has 1 aromatic heterocycles. The van der Waals surface area contributed by atoms with E-state index >= 15 is 0 Å². The van der Waals surface area contributed by atoms with Gasteiger partial charge in [-0.15, -0.1) is 22.0 Å². The number of amides is 1. The number of rotatable bonds is 6. The number of aromatic nitrogens is 3. The van der Waals surface area contributed by atoms with Gasteiger partial charge in [0.25, 0.3) is 0 Å². The van der Waals surface area contributed by atoms with Gasteiger partial charge in [0.15, 0.2) is 0 Å². The Bertz CT molecular complexity index is 915. The zero-order valence-corrected chi connectivity index (χ0v) is 18.0. The second kappa shape index (κ2) is 8.65. The summed E-state index contributed by atoms with van der Waals surface area (Å²) in [6.45, 7) is 5.19. The van der Waals surface area contributed by atoms with Crippen molar-refractivity contribution in [2.45, 2.75) is 53.7 Å². The zero-order chi connectivity index (χ0) is 20.3. The fourth-order valence-corrected chi connectivity index (χ4v) is 5.92. The van der Waals surface area contributed by atoms with Crippen molar-refractivity contribution in [1.29, 1.82) is 0 Å². The molecule has 7 nitrogen and oxygen atoms in total. The van der Waals surface area contributed by atoms with Crippen LogP contribution in [0.5, 0.6) is 0 Å². The van der Waals surface area contributed by atoms with E-state index in [4.69, 9.17) is 0 Å². The number of benzene rings is 1. The summed E-state index contributed by atoms with van der Waals surface area (Å²) in [4.78, 5) is 15.6. The van der Waals surface area contributed by atoms with Crippen LogP contribution < -0.4 is 0 Å². The highest BCUT2D eigenvalue weighted by Crippen LogP contribution is 2.25. The molecule has 1 fully saturated rings. The molecule has 0 unspecified atom stereocenters. The lowest BCUT2D eigenvalue weighted by Crippen LogP contribution is -2.43. The van der Waals surface area contributed by atoms with Crippen LogP contribution in [0.4, 0.5) is 0 Å². The Morgan fingerprint density at radius 3 is 2.39 bits per heavy atom. The predicted molar refractivity (Wildman–Crippen MR) is 109 cm³/mol. The van der Waals surface area contributed by atoms with Crippen molar-refractivity contribution >= 4 is 27.5 Å². The maximum atomic E-state index is 12.7. The number of carbonyl (C=O) groups is 1. The van der Waals surface area contributed by atoms with Crippen molar-refractivity contribution in [3.8, 4) is 0 Å². The van der Waals surface area contributed by atoms with Gasteiger partial charge in [0, 0.05) is 30.3 Å². The lowest BCUT2D eigenvalue weighted by molar-refractivity contribution is -0.131. The molecule has 0 atom stereocenters. The van der Waals surface area contributed by atoms with Gasteiger partial charge in [-0.25, -0.2) is 8.42 Å². The van der Waals surface area contributed by atoms with Crippen LogP contribution in [0.15, 0.2) is 40.6 Å². The molecule has 0 aliphatic carbocycles. The topological polar surface area (TPSA) is 85.2 Å². The highest BCUT2D eigenvalue weighted by Gasteiger charge is 2.35. The quantitative estimate of drug-likeness (QED) is 0.664. The third-order valence-corrected chi connectivity index (χ3v) is 8.05. The van der Waals surface area contributed by atoms with Crippen molar-refractivity contribution in [2.75, 3.05) is 13.1 Å². The van der Waals surface area contributed by atoms with E-state index in [1.165, 1.54) is 15.8 Å². The number of nitrogens with zero attached hydrogens (tertiary/aromatic N) is 4. The van der Waals surface area contributed by atoms with Gasteiger partial charge in [-0.05, 0) is 30.5 Å². The molecule has 1 aliphatic heterocycles. The van der Waals surface area contributed by atoms with E-state index in [0.717, 1.165) is 5.56 Å². The summed E-state index contributed by atoms with van der Waals surface area (Å²) < 4.78 is 26.9. The smallest absolute Gasteiger partial charge is 0.249 e. The van der Waals surface area contributed by atoms with Gasteiger partial charge in [-0.3, -0.25) is 4.79 Å².